The lowest BCUT2D eigenvalue weighted by molar-refractivity contribution is -0.114. The second-order valence-corrected chi connectivity index (χ2v) is 5.44. The maximum atomic E-state index is 12.1. The molecule has 0 saturated carbocycles. The summed E-state index contributed by atoms with van der Waals surface area (Å²) in [7, 11) is 0. The third-order valence-electron chi connectivity index (χ3n) is 2.66. The van der Waals surface area contributed by atoms with Crippen LogP contribution >= 0.6 is 11.3 Å². The van der Waals surface area contributed by atoms with Crippen molar-refractivity contribution in [3.63, 3.8) is 0 Å². The normalized spacial score (nSPS) is 10.1. The summed E-state index contributed by atoms with van der Waals surface area (Å²) in [5, 5.41) is 5.69. The Labute approximate surface area is 127 Å². The SMILES string of the molecule is CCCNC(=O)c1sc(NC(C)=O)c(C(=O)OCC)c1C. The summed E-state index contributed by atoms with van der Waals surface area (Å²) in [5.41, 5.74) is 0.773. The van der Waals surface area contributed by atoms with Gasteiger partial charge in [0.05, 0.1) is 17.0 Å². The van der Waals surface area contributed by atoms with E-state index < -0.39 is 5.97 Å². The first-order valence-corrected chi connectivity index (χ1v) is 7.60. The van der Waals surface area contributed by atoms with Crippen molar-refractivity contribution in [1.29, 1.82) is 0 Å². The molecule has 116 valence electrons. The highest BCUT2D eigenvalue weighted by Crippen LogP contribution is 2.33. The summed E-state index contributed by atoms with van der Waals surface area (Å²) in [4.78, 5) is 35.8. The van der Waals surface area contributed by atoms with Crippen LogP contribution in [0.4, 0.5) is 5.00 Å². The van der Waals surface area contributed by atoms with E-state index in [1.807, 2.05) is 6.92 Å². The summed E-state index contributed by atoms with van der Waals surface area (Å²) in [6.45, 7) is 7.46. The van der Waals surface area contributed by atoms with Crippen LogP contribution in [0.25, 0.3) is 0 Å². The topological polar surface area (TPSA) is 84.5 Å². The Morgan fingerprint density at radius 3 is 2.43 bits per heavy atom. The number of esters is 1. The quantitative estimate of drug-likeness (QED) is 0.790. The highest BCUT2D eigenvalue weighted by atomic mass is 32.1. The van der Waals surface area contributed by atoms with Crippen LogP contribution in [0, 0.1) is 6.92 Å². The standard InChI is InChI=1S/C14H20N2O4S/c1-5-7-15-12(18)11-8(3)10(14(19)20-6-2)13(21-11)16-9(4)17/h5-7H2,1-4H3,(H,15,18)(H,16,17). The van der Waals surface area contributed by atoms with E-state index in [0.717, 1.165) is 17.8 Å². The number of carbonyl (C=O) groups is 3. The lowest BCUT2D eigenvalue weighted by atomic mass is 10.1. The molecule has 1 heterocycles. The molecule has 0 radical (unpaired) electrons. The van der Waals surface area contributed by atoms with Crippen LogP contribution in [-0.2, 0) is 9.53 Å². The molecular weight excluding hydrogens is 292 g/mol. The van der Waals surface area contributed by atoms with Gasteiger partial charge in [0.2, 0.25) is 5.91 Å². The molecule has 6 nitrogen and oxygen atoms in total. The number of carbonyl (C=O) groups excluding carboxylic acids is 3. The van der Waals surface area contributed by atoms with Crippen molar-refractivity contribution in [2.45, 2.75) is 34.1 Å². The first kappa shape index (κ1) is 17.2. The second kappa shape index (κ2) is 7.78. The lowest BCUT2D eigenvalue weighted by Crippen LogP contribution is -2.23. The minimum atomic E-state index is -0.537. The Morgan fingerprint density at radius 1 is 1.24 bits per heavy atom. The van der Waals surface area contributed by atoms with Gasteiger partial charge in [-0.15, -0.1) is 11.3 Å². The summed E-state index contributed by atoms with van der Waals surface area (Å²) in [6, 6.07) is 0. The molecule has 0 fully saturated rings. The van der Waals surface area contributed by atoms with Crippen LogP contribution in [0.1, 0.15) is 52.8 Å². The van der Waals surface area contributed by atoms with Gasteiger partial charge in [0.15, 0.2) is 0 Å². The Bertz CT molecular complexity index is 551. The first-order valence-electron chi connectivity index (χ1n) is 6.78. The van der Waals surface area contributed by atoms with Crippen LogP contribution in [0.15, 0.2) is 0 Å². The van der Waals surface area contributed by atoms with Crippen molar-refractivity contribution < 1.29 is 19.1 Å². The molecule has 7 heteroatoms. The van der Waals surface area contributed by atoms with E-state index in [-0.39, 0.29) is 24.0 Å². The molecule has 0 aliphatic heterocycles. The van der Waals surface area contributed by atoms with Crippen LogP contribution in [-0.4, -0.2) is 30.9 Å². The number of hydrogen-bond acceptors (Lipinski definition) is 5. The molecule has 0 saturated heterocycles. The zero-order valence-electron chi connectivity index (χ0n) is 12.7. The predicted octanol–water partition coefficient (Wildman–Crippen LogP) is 2.33. The van der Waals surface area contributed by atoms with Crippen LogP contribution in [0.2, 0.25) is 0 Å². The molecule has 0 bridgehead atoms. The zero-order valence-corrected chi connectivity index (χ0v) is 13.5. The van der Waals surface area contributed by atoms with Crippen molar-refractivity contribution in [2.75, 3.05) is 18.5 Å². The predicted molar refractivity (Wildman–Crippen MR) is 81.9 cm³/mol. The van der Waals surface area contributed by atoms with Gasteiger partial charge in [-0.1, -0.05) is 6.92 Å². The molecular formula is C14H20N2O4S. The van der Waals surface area contributed by atoms with Crippen molar-refractivity contribution in [1.82, 2.24) is 5.32 Å². The molecule has 0 spiro atoms. The van der Waals surface area contributed by atoms with Gasteiger partial charge < -0.3 is 15.4 Å². The molecule has 0 aliphatic rings. The summed E-state index contributed by atoms with van der Waals surface area (Å²) in [6.07, 6.45) is 0.819. The minimum absolute atomic E-state index is 0.227. The van der Waals surface area contributed by atoms with Gasteiger partial charge in [0.25, 0.3) is 5.91 Å². The number of thiophene rings is 1. The number of rotatable bonds is 6. The monoisotopic (exact) mass is 312 g/mol. The molecule has 1 aromatic rings. The molecule has 0 aromatic carbocycles. The van der Waals surface area contributed by atoms with Crippen molar-refractivity contribution in [2.24, 2.45) is 0 Å². The van der Waals surface area contributed by atoms with Crippen molar-refractivity contribution in [3.05, 3.63) is 16.0 Å². The van der Waals surface area contributed by atoms with Gasteiger partial charge in [-0.3, -0.25) is 9.59 Å². The summed E-state index contributed by atoms with van der Waals surface area (Å²) in [5.74, 6) is -1.09. The highest BCUT2D eigenvalue weighted by Gasteiger charge is 2.25. The first-order chi connectivity index (χ1) is 9.92. The smallest absolute Gasteiger partial charge is 0.341 e. The molecule has 1 aromatic heterocycles. The fraction of sp³-hybridized carbons (Fsp3) is 0.500. The van der Waals surface area contributed by atoms with Gasteiger partial charge in [-0.2, -0.15) is 0 Å². The molecule has 0 aliphatic carbocycles. The third kappa shape index (κ3) is 4.29. The van der Waals surface area contributed by atoms with E-state index in [4.69, 9.17) is 4.74 Å². The molecule has 2 amide bonds. The van der Waals surface area contributed by atoms with E-state index in [9.17, 15) is 14.4 Å². The van der Waals surface area contributed by atoms with Gasteiger partial charge >= 0.3 is 5.97 Å². The number of amides is 2. The van der Waals surface area contributed by atoms with E-state index in [0.29, 0.717) is 22.0 Å². The lowest BCUT2D eigenvalue weighted by Gasteiger charge is -2.05. The van der Waals surface area contributed by atoms with Gasteiger partial charge in [-0.05, 0) is 25.8 Å². The summed E-state index contributed by atoms with van der Waals surface area (Å²) >= 11 is 1.08. The van der Waals surface area contributed by atoms with Crippen molar-refractivity contribution >= 4 is 34.1 Å². The average Bonchev–Trinajstić information content (AvgIpc) is 2.72. The van der Waals surface area contributed by atoms with E-state index in [1.54, 1.807) is 13.8 Å². The van der Waals surface area contributed by atoms with Crippen LogP contribution < -0.4 is 10.6 Å². The van der Waals surface area contributed by atoms with Crippen LogP contribution in [0.3, 0.4) is 0 Å². The maximum Gasteiger partial charge on any atom is 0.341 e. The molecule has 21 heavy (non-hydrogen) atoms. The largest absolute Gasteiger partial charge is 0.462 e. The van der Waals surface area contributed by atoms with E-state index in [2.05, 4.69) is 10.6 Å². The number of anilines is 1. The van der Waals surface area contributed by atoms with Gasteiger partial charge in [0.1, 0.15) is 5.00 Å². The Balaban J connectivity index is 3.20. The maximum absolute atomic E-state index is 12.1. The number of ether oxygens (including phenoxy) is 1. The number of hydrogen-bond donors (Lipinski definition) is 2. The fourth-order valence-electron chi connectivity index (χ4n) is 1.75. The molecule has 2 N–H and O–H groups in total. The van der Waals surface area contributed by atoms with Crippen molar-refractivity contribution in [3.8, 4) is 0 Å². The Kier molecular flexibility index (Phi) is 6.36. The minimum Gasteiger partial charge on any atom is -0.462 e. The van der Waals surface area contributed by atoms with E-state index >= 15 is 0 Å². The molecule has 1 rings (SSSR count). The van der Waals surface area contributed by atoms with Crippen LogP contribution in [0.5, 0.6) is 0 Å². The Morgan fingerprint density at radius 2 is 1.90 bits per heavy atom. The summed E-state index contributed by atoms with van der Waals surface area (Å²) < 4.78 is 4.99. The highest BCUT2D eigenvalue weighted by molar-refractivity contribution is 7.18. The number of nitrogens with one attached hydrogen (secondary N) is 2. The van der Waals surface area contributed by atoms with Gasteiger partial charge in [0, 0.05) is 13.5 Å². The Hall–Kier alpha value is -1.89. The van der Waals surface area contributed by atoms with Gasteiger partial charge in [-0.25, -0.2) is 4.79 Å². The third-order valence-corrected chi connectivity index (χ3v) is 3.86. The fourth-order valence-corrected chi connectivity index (χ4v) is 2.90. The molecule has 0 atom stereocenters. The average molecular weight is 312 g/mol. The zero-order chi connectivity index (χ0) is 16.0. The molecule has 0 unspecified atom stereocenters. The second-order valence-electron chi connectivity index (χ2n) is 4.42. The van der Waals surface area contributed by atoms with E-state index in [1.165, 1.54) is 6.92 Å².